The van der Waals surface area contributed by atoms with Gasteiger partial charge >= 0.3 is 0 Å². The Hall–Kier alpha value is -3.08. The number of nitrogens with zero attached hydrogens (tertiary/aromatic N) is 1. The number of amides is 1. The topological polar surface area (TPSA) is 73.6 Å². The van der Waals surface area contributed by atoms with Crippen LogP contribution in [0, 0.1) is 0 Å². The molecule has 2 heterocycles. The largest absolute Gasteiger partial charge is 0.357 e. The molecule has 0 fully saturated rings. The Bertz CT molecular complexity index is 934. The first-order chi connectivity index (χ1) is 10.8. The van der Waals surface area contributed by atoms with Crippen molar-refractivity contribution in [3.05, 3.63) is 66.0 Å². The molecule has 0 saturated heterocycles. The molecule has 2 aromatic heterocycles. The lowest BCUT2D eigenvalue weighted by Gasteiger charge is -2.01. The molecular formula is C17H14N4O. The number of hydrogen-bond acceptors (Lipinski definition) is 2. The molecule has 5 heteroatoms. The molecule has 108 valence electrons. The van der Waals surface area contributed by atoms with E-state index in [4.69, 9.17) is 0 Å². The summed E-state index contributed by atoms with van der Waals surface area (Å²) in [5.41, 5.74) is 3.32. The molecule has 0 radical (unpaired) electrons. The van der Waals surface area contributed by atoms with Crippen LogP contribution < -0.4 is 5.32 Å². The van der Waals surface area contributed by atoms with Crippen molar-refractivity contribution in [1.29, 1.82) is 0 Å². The number of carbonyl (C=O) groups is 1. The zero-order valence-corrected chi connectivity index (χ0v) is 11.8. The van der Waals surface area contributed by atoms with Crippen molar-refractivity contribution in [1.82, 2.24) is 20.5 Å². The first-order valence-corrected chi connectivity index (χ1v) is 7.09. The number of aromatic nitrogens is 3. The van der Waals surface area contributed by atoms with E-state index in [1.165, 1.54) is 0 Å². The van der Waals surface area contributed by atoms with E-state index in [0.717, 1.165) is 27.5 Å². The van der Waals surface area contributed by atoms with Gasteiger partial charge in [-0.1, -0.05) is 36.4 Å². The summed E-state index contributed by atoms with van der Waals surface area (Å²) in [6.07, 6.45) is 0. The summed E-state index contributed by atoms with van der Waals surface area (Å²) < 4.78 is 0. The summed E-state index contributed by atoms with van der Waals surface area (Å²) in [5, 5.41) is 11.8. The van der Waals surface area contributed by atoms with Crippen LogP contribution in [0.4, 0.5) is 0 Å². The van der Waals surface area contributed by atoms with Crippen LogP contribution in [-0.2, 0) is 6.54 Å². The summed E-state index contributed by atoms with van der Waals surface area (Å²) in [5.74, 6) is -0.184. The molecular weight excluding hydrogens is 276 g/mol. The van der Waals surface area contributed by atoms with Crippen LogP contribution in [0.15, 0.2) is 54.6 Å². The van der Waals surface area contributed by atoms with E-state index in [-0.39, 0.29) is 5.91 Å². The van der Waals surface area contributed by atoms with Crippen LogP contribution >= 0.6 is 0 Å². The zero-order chi connectivity index (χ0) is 14.9. The first-order valence-electron chi connectivity index (χ1n) is 7.09. The first kappa shape index (κ1) is 12.6. The van der Waals surface area contributed by atoms with Crippen molar-refractivity contribution >= 4 is 27.7 Å². The number of H-pyrrole nitrogens is 2. The highest BCUT2D eigenvalue weighted by atomic mass is 16.1. The Morgan fingerprint density at radius 2 is 1.82 bits per heavy atom. The highest BCUT2D eigenvalue weighted by molar-refractivity contribution is 6.04. The smallest absolute Gasteiger partial charge is 0.272 e. The van der Waals surface area contributed by atoms with Crippen LogP contribution in [0.5, 0.6) is 0 Å². The number of hydrogen-bond donors (Lipinski definition) is 3. The second-order valence-corrected chi connectivity index (χ2v) is 5.18. The molecule has 0 aliphatic heterocycles. The van der Waals surface area contributed by atoms with Gasteiger partial charge in [0.25, 0.3) is 5.91 Å². The van der Waals surface area contributed by atoms with Crippen molar-refractivity contribution in [2.24, 2.45) is 0 Å². The second kappa shape index (κ2) is 5.04. The Morgan fingerprint density at radius 3 is 2.68 bits per heavy atom. The quantitative estimate of drug-likeness (QED) is 0.542. The molecule has 22 heavy (non-hydrogen) atoms. The normalized spacial score (nSPS) is 11.1. The van der Waals surface area contributed by atoms with E-state index in [1.807, 2.05) is 54.6 Å². The van der Waals surface area contributed by atoms with Gasteiger partial charge in [0.1, 0.15) is 0 Å². The van der Waals surface area contributed by atoms with E-state index in [2.05, 4.69) is 20.5 Å². The van der Waals surface area contributed by atoms with Gasteiger partial charge in [0.05, 0.1) is 12.1 Å². The minimum absolute atomic E-state index is 0.184. The molecule has 0 unspecified atom stereocenters. The SMILES string of the molecule is O=C(NCc1cc2ccccc2[nH]1)c1n[nH]c2ccccc12. The lowest BCUT2D eigenvalue weighted by Crippen LogP contribution is -2.23. The van der Waals surface area contributed by atoms with Crippen LogP contribution in [0.2, 0.25) is 0 Å². The zero-order valence-electron chi connectivity index (χ0n) is 11.8. The standard InChI is InChI=1S/C17H14N4O/c22-17(16-13-6-2-4-8-15(13)20-21-16)18-10-12-9-11-5-1-3-7-14(11)19-12/h1-9,19H,10H2,(H,18,22)(H,20,21). The molecule has 0 aliphatic carbocycles. The van der Waals surface area contributed by atoms with Crippen molar-refractivity contribution in [2.45, 2.75) is 6.54 Å². The van der Waals surface area contributed by atoms with E-state index in [0.29, 0.717) is 12.2 Å². The summed E-state index contributed by atoms with van der Waals surface area (Å²) in [6.45, 7) is 0.439. The molecule has 0 saturated carbocycles. The van der Waals surface area contributed by atoms with E-state index in [1.54, 1.807) is 0 Å². The Morgan fingerprint density at radius 1 is 1.05 bits per heavy atom. The lowest BCUT2D eigenvalue weighted by molar-refractivity contribution is 0.0947. The predicted molar refractivity (Wildman–Crippen MR) is 85.6 cm³/mol. The Balaban J connectivity index is 1.54. The highest BCUT2D eigenvalue weighted by Gasteiger charge is 2.13. The van der Waals surface area contributed by atoms with E-state index in [9.17, 15) is 4.79 Å². The number of aromatic amines is 2. The van der Waals surface area contributed by atoms with Crippen LogP contribution in [-0.4, -0.2) is 21.1 Å². The fourth-order valence-electron chi connectivity index (χ4n) is 2.62. The van der Waals surface area contributed by atoms with Crippen LogP contribution in [0.25, 0.3) is 21.8 Å². The average Bonchev–Trinajstić information content (AvgIpc) is 3.16. The van der Waals surface area contributed by atoms with Crippen molar-refractivity contribution in [3.63, 3.8) is 0 Å². The van der Waals surface area contributed by atoms with Gasteiger partial charge in [-0.15, -0.1) is 0 Å². The molecule has 3 N–H and O–H groups in total. The maximum Gasteiger partial charge on any atom is 0.272 e. The summed E-state index contributed by atoms with van der Waals surface area (Å²) >= 11 is 0. The van der Waals surface area contributed by atoms with Gasteiger partial charge in [-0.3, -0.25) is 9.89 Å². The second-order valence-electron chi connectivity index (χ2n) is 5.18. The van der Waals surface area contributed by atoms with Gasteiger partial charge < -0.3 is 10.3 Å². The fourth-order valence-corrected chi connectivity index (χ4v) is 2.62. The Kier molecular flexibility index (Phi) is 2.89. The van der Waals surface area contributed by atoms with Crippen molar-refractivity contribution < 1.29 is 4.79 Å². The maximum absolute atomic E-state index is 12.3. The molecule has 0 atom stereocenters. The predicted octanol–water partition coefficient (Wildman–Crippen LogP) is 2.97. The minimum atomic E-state index is -0.184. The highest BCUT2D eigenvalue weighted by Crippen LogP contribution is 2.16. The number of nitrogens with one attached hydrogen (secondary N) is 3. The van der Waals surface area contributed by atoms with Gasteiger partial charge in [-0.05, 0) is 23.6 Å². The molecule has 5 nitrogen and oxygen atoms in total. The third-order valence-corrected chi connectivity index (χ3v) is 3.71. The molecule has 0 aliphatic rings. The number of para-hydroxylation sites is 2. The van der Waals surface area contributed by atoms with Gasteiger partial charge in [0, 0.05) is 16.6 Å². The number of fused-ring (bicyclic) bond motifs is 2. The van der Waals surface area contributed by atoms with Gasteiger partial charge in [-0.25, -0.2) is 0 Å². The molecule has 0 bridgehead atoms. The van der Waals surface area contributed by atoms with Crippen LogP contribution in [0.1, 0.15) is 16.2 Å². The average molecular weight is 290 g/mol. The number of carbonyl (C=O) groups excluding carboxylic acids is 1. The van der Waals surface area contributed by atoms with E-state index >= 15 is 0 Å². The maximum atomic E-state index is 12.3. The summed E-state index contributed by atoms with van der Waals surface area (Å²) in [7, 11) is 0. The molecule has 4 rings (SSSR count). The van der Waals surface area contributed by atoms with Gasteiger partial charge in [-0.2, -0.15) is 5.10 Å². The van der Waals surface area contributed by atoms with Crippen molar-refractivity contribution in [2.75, 3.05) is 0 Å². The third kappa shape index (κ3) is 2.13. The van der Waals surface area contributed by atoms with Crippen molar-refractivity contribution in [3.8, 4) is 0 Å². The molecule has 1 amide bonds. The third-order valence-electron chi connectivity index (χ3n) is 3.71. The molecule has 4 aromatic rings. The van der Waals surface area contributed by atoms with E-state index < -0.39 is 0 Å². The molecule has 2 aromatic carbocycles. The Labute approximate surface area is 126 Å². The van der Waals surface area contributed by atoms with Crippen LogP contribution in [0.3, 0.4) is 0 Å². The van der Waals surface area contributed by atoms with Gasteiger partial charge in [0.2, 0.25) is 0 Å². The summed E-state index contributed by atoms with van der Waals surface area (Å²) in [4.78, 5) is 15.6. The van der Waals surface area contributed by atoms with Gasteiger partial charge in [0.15, 0.2) is 5.69 Å². The number of rotatable bonds is 3. The monoisotopic (exact) mass is 290 g/mol. The molecule has 0 spiro atoms. The fraction of sp³-hybridized carbons (Fsp3) is 0.0588. The minimum Gasteiger partial charge on any atom is -0.357 e. The lowest BCUT2D eigenvalue weighted by atomic mass is 10.2. The summed E-state index contributed by atoms with van der Waals surface area (Å²) in [6, 6.07) is 17.7. The number of benzene rings is 2.